The highest BCUT2D eigenvalue weighted by Crippen LogP contribution is 2.20. The molecule has 134 valence electrons. The number of carbonyl (C=O) groups excluding carboxylic acids is 1. The molecule has 1 atom stereocenters. The van der Waals surface area contributed by atoms with Gasteiger partial charge in [-0.1, -0.05) is 25.4 Å². The molecule has 6 heteroatoms. The topological polar surface area (TPSA) is 41.6 Å². The van der Waals surface area contributed by atoms with Crippen molar-refractivity contribution in [1.29, 1.82) is 0 Å². The zero-order valence-corrected chi connectivity index (χ0v) is 16.0. The number of nitrogens with one attached hydrogen (secondary N) is 1. The lowest BCUT2D eigenvalue weighted by molar-refractivity contribution is -0.121. The molecule has 1 N–H and O–H groups in total. The Morgan fingerprint density at radius 1 is 1.42 bits per heavy atom. The molecule has 1 saturated heterocycles. The summed E-state index contributed by atoms with van der Waals surface area (Å²) < 4.78 is 5.75. The number of benzene rings is 1. The van der Waals surface area contributed by atoms with Crippen molar-refractivity contribution in [3.05, 3.63) is 29.3 Å². The SMILES string of the molecule is CC(C)CN1CCOC(CNC(=O)CCSc2ccc(Cl)cc2)C1. The van der Waals surface area contributed by atoms with Gasteiger partial charge in [-0.2, -0.15) is 0 Å². The average Bonchev–Trinajstić information content (AvgIpc) is 2.54. The molecule has 1 fully saturated rings. The van der Waals surface area contributed by atoms with E-state index in [1.165, 1.54) is 0 Å². The minimum atomic E-state index is 0.0843. The van der Waals surface area contributed by atoms with Crippen molar-refractivity contribution in [3.8, 4) is 0 Å². The van der Waals surface area contributed by atoms with Gasteiger partial charge < -0.3 is 10.1 Å². The van der Waals surface area contributed by atoms with Gasteiger partial charge in [-0.3, -0.25) is 9.69 Å². The summed E-state index contributed by atoms with van der Waals surface area (Å²) >= 11 is 7.53. The Bertz CT molecular complexity index is 510. The maximum Gasteiger partial charge on any atom is 0.220 e. The predicted octanol–water partition coefficient (Wildman–Crippen LogP) is 3.30. The van der Waals surface area contributed by atoms with Crippen LogP contribution in [0.5, 0.6) is 0 Å². The van der Waals surface area contributed by atoms with Crippen molar-refractivity contribution < 1.29 is 9.53 Å². The number of nitrogens with zero attached hydrogens (tertiary/aromatic N) is 1. The van der Waals surface area contributed by atoms with E-state index < -0.39 is 0 Å². The van der Waals surface area contributed by atoms with E-state index in [0.29, 0.717) is 18.9 Å². The molecule has 1 amide bonds. The largest absolute Gasteiger partial charge is 0.374 e. The fraction of sp³-hybridized carbons (Fsp3) is 0.611. The van der Waals surface area contributed by atoms with Crippen LogP contribution < -0.4 is 5.32 Å². The molecule has 0 aliphatic carbocycles. The molecule has 1 aromatic rings. The van der Waals surface area contributed by atoms with E-state index in [1.807, 2.05) is 24.3 Å². The van der Waals surface area contributed by atoms with Crippen molar-refractivity contribution in [1.82, 2.24) is 10.2 Å². The Kier molecular flexibility index (Phi) is 8.39. The second-order valence-corrected chi connectivity index (χ2v) is 8.11. The number of hydrogen-bond donors (Lipinski definition) is 1. The number of hydrogen-bond acceptors (Lipinski definition) is 4. The highest BCUT2D eigenvalue weighted by atomic mass is 35.5. The van der Waals surface area contributed by atoms with Crippen LogP contribution in [0.15, 0.2) is 29.2 Å². The maximum absolute atomic E-state index is 12.0. The van der Waals surface area contributed by atoms with Gasteiger partial charge in [0.15, 0.2) is 0 Å². The van der Waals surface area contributed by atoms with Crippen LogP contribution in [-0.4, -0.2) is 55.4 Å². The van der Waals surface area contributed by atoms with Crippen LogP contribution >= 0.6 is 23.4 Å². The summed E-state index contributed by atoms with van der Waals surface area (Å²) in [7, 11) is 0. The van der Waals surface area contributed by atoms with E-state index in [9.17, 15) is 4.79 Å². The van der Waals surface area contributed by atoms with Gasteiger partial charge in [0.05, 0.1) is 12.7 Å². The molecule has 1 aliphatic heterocycles. The number of morpholine rings is 1. The number of amides is 1. The lowest BCUT2D eigenvalue weighted by Gasteiger charge is -2.33. The highest BCUT2D eigenvalue weighted by molar-refractivity contribution is 7.99. The van der Waals surface area contributed by atoms with Gasteiger partial charge in [0.25, 0.3) is 0 Å². The van der Waals surface area contributed by atoms with Crippen LogP contribution in [-0.2, 0) is 9.53 Å². The van der Waals surface area contributed by atoms with Gasteiger partial charge in [0.2, 0.25) is 5.91 Å². The van der Waals surface area contributed by atoms with E-state index in [-0.39, 0.29) is 12.0 Å². The van der Waals surface area contributed by atoms with Gasteiger partial charge in [-0.15, -0.1) is 11.8 Å². The molecule has 0 spiro atoms. The van der Waals surface area contributed by atoms with Crippen molar-refractivity contribution in [2.75, 3.05) is 38.5 Å². The van der Waals surface area contributed by atoms with Gasteiger partial charge in [0, 0.05) is 48.3 Å². The fourth-order valence-electron chi connectivity index (χ4n) is 2.69. The van der Waals surface area contributed by atoms with Crippen LogP contribution in [0.2, 0.25) is 5.02 Å². The Balaban J connectivity index is 1.61. The second-order valence-electron chi connectivity index (χ2n) is 6.50. The normalized spacial score (nSPS) is 18.8. The molecule has 2 rings (SSSR count). The number of ether oxygens (including phenoxy) is 1. The first-order valence-electron chi connectivity index (χ1n) is 8.52. The van der Waals surface area contributed by atoms with Gasteiger partial charge in [-0.25, -0.2) is 0 Å². The Morgan fingerprint density at radius 3 is 2.88 bits per heavy atom. The molecule has 24 heavy (non-hydrogen) atoms. The minimum absolute atomic E-state index is 0.0843. The Morgan fingerprint density at radius 2 is 2.17 bits per heavy atom. The summed E-state index contributed by atoms with van der Waals surface area (Å²) in [5.74, 6) is 1.50. The molecule has 0 radical (unpaired) electrons. The lowest BCUT2D eigenvalue weighted by Crippen LogP contribution is -2.48. The second kappa shape index (κ2) is 10.3. The van der Waals surface area contributed by atoms with Crippen molar-refractivity contribution in [2.45, 2.75) is 31.3 Å². The molecule has 0 bridgehead atoms. The van der Waals surface area contributed by atoms with Crippen molar-refractivity contribution >= 4 is 29.3 Å². The van der Waals surface area contributed by atoms with E-state index >= 15 is 0 Å². The summed E-state index contributed by atoms with van der Waals surface area (Å²) in [5.41, 5.74) is 0. The zero-order chi connectivity index (χ0) is 17.4. The number of carbonyl (C=O) groups is 1. The maximum atomic E-state index is 12.0. The van der Waals surface area contributed by atoms with Gasteiger partial charge in [0.1, 0.15) is 0 Å². The zero-order valence-electron chi connectivity index (χ0n) is 14.5. The third kappa shape index (κ3) is 7.43. The van der Waals surface area contributed by atoms with E-state index in [1.54, 1.807) is 11.8 Å². The van der Waals surface area contributed by atoms with Crippen LogP contribution in [0.1, 0.15) is 20.3 Å². The van der Waals surface area contributed by atoms with Crippen LogP contribution in [0.3, 0.4) is 0 Å². The third-order valence-electron chi connectivity index (χ3n) is 3.78. The number of halogens is 1. The van der Waals surface area contributed by atoms with Crippen molar-refractivity contribution in [2.24, 2.45) is 5.92 Å². The molecule has 0 aromatic heterocycles. The Labute approximate surface area is 154 Å². The van der Waals surface area contributed by atoms with E-state index in [2.05, 4.69) is 24.1 Å². The van der Waals surface area contributed by atoms with E-state index in [4.69, 9.17) is 16.3 Å². The molecular weight excluding hydrogens is 344 g/mol. The smallest absolute Gasteiger partial charge is 0.220 e. The molecule has 0 saturated carbocycles. The highest BCUT2D eigenvalue weighted by Gasteiger charge is 2.21. The monoisotopic (exact) mass is 370 g/mol. The van der Waals surface area contributed by atoms with Crippen LogP contribution in [0, 0.1) is 5.92 Å². The van der Waals surface area contributed by atoms with Crippen LogP contribution in [0.25, 0.3) is 0 Å². The number of rotatable bonds is 8. The minimum Gasteiger partial charge on any atom is -0.374 e. The lowest BCUT2D eigenvalue weighted by atomic mass is 10.2. The number of thioether (sulfide) groups is 1. The predicted molar refractivity (Wildman–Crippen MR) is 101 cm³/mol. The van der Waals surface area contributed by atoms with E-state index in [0.717, 1.165) is 41.9 Å². The van der Waals surface area contributed by atoms with Crippen molar-refractivity contribution in [3.63, 3.8) is 0 Å². The standard InChI is InChI=1S/C18H27ClN2O2S/c1-14(2)12-21-8-9-23-16(13-21)11-20-18(22)7-10-24-17-5-3-15(19)4-6-17/h3-6,14,16H,7-13H2,1-2H3,(H,20,22). The molecule has 1 heterocycles. The average molecular weight is 371 g/mol. The first kappa shape index (κ1) is 19.6. The van der Waals surface area contributed by atoms with Gasteiger partial charge >= 0.3 is 0 Å². The van der Waals surface area contributed by atoms with Gasteiger partial charge in [-0.05, 0) is 30.2 Å². The molecule has 4 nitrogen and oxygen atoms in total. The summed E-state index contributed by atoms with van der Waals surface area (Å²) in [6.45, 7) is 8.78. The first-order chi connectivity index (χ1) is 11.5. The molecule has 1 unspecified atom stereocenters. The molecule has 1 aromatic carbocycles. The summed E-state index contributed by atoms with van der Waals surface area (Å²) in [4.78, 5) is 15.5. The summed E-state index contributed by atoms with van der Waals surface area (Å²) in [6.07, 6.45) is 0.612. The quantitative estimate of drug-likeness (QED) is 0.713. The summed E-state index contributed by atoms with van der Waals surface area (Å²) in [6, 6.07) is 7.69. The first-order valence-corrected chi connectivity index (χ1v) is 9.88. The fourth-order valence-corrected chi connectivity index (χ4v) is 3.67. The van der Waals surface area contributed by atoms with Crippen LogP contribution in [0.4, 0.5) is 0 Å². The molecule has 1 aliphatic rings. The molecular formula is C18H27ClN2O2S. The summed E-state index contributed by atoms with van der Waals surface area (Å²) in [5, 5.41) is 3.73. The third-order valence-corrected chi connectivity index (χ3v) is 5.05. The Hall–Kier alpha value is -0.750.